The molecule has 0 bridgehead atoms. The Labute approximate surface area is 483 Å². The van der Waals surface area contributed by atoms with Crippen LogP contribution in [0.25, 0.3) is 0 Å². The molecule has 4 saturated heterocycles. The minimum Gasteiger partial charge on any atom is -0.497 e. The fraction of sp³-hybridized carbons (Fsp3) is 0.567. The number of carboxylic acid groups (broad SMARTS) is 1. The summed E-state index contributed by atoms with van der Waals surface area (Å²) in [4.78, 5) is 36.1. The van der Waals surface area contributed by atoms with Gasteiger partial charge in [-0.05, 0) is 132 Å². The molecule has 2 N–H and O–H groups in total. The maximum Gasteiger partial charge on any atom is 0.329 e. The van der Waals surface area contributed by atoms with Crippen LogP contribution in [0.1, 0.15) is 46.2 Å². The summed E-state index contributed by atoms with van der Waals surface area (Å²) in [5.41, 5.74) is 5.49. The molecule has 4 fully saturated rings. The summed E-state index contributed by atoms with van der Waals surface area (Å²) in [5.74, 6) is 0.0888. The van der Waals surface area contributed by atoms with Crippen molar-refractivity contribution in [2.24, 2.45) is 0 Å². The molecule has 0 aromatic heterocycles. The minimum absolute atomic E-state index is 0.0102. The molecule has 0 spiro atoms. The van der Waals surface area contributed by atoms with Gasteiger partial charge in [0.25, 0.3) is 0 Å². The molecule has 4 aromatic rings. The lowest BCUT2D eigenvalue weighted by molar-refractivity contribution is -0.142. The van der Waals surface area contributed by atoms with Crippen molar-refractivity contribution in [1.29, 1.82) is 0 Å². The van der Waals surface area contributed by atoms with Crippen molar-refractivity contribution in [3.05, 3.63) is 118 Å². The number of nitrogens with one attached hydrogen (secondary N) is 1. The highest BCUT2D eigenvalue weighted by atomic mass is 32.2. The van der Waals surface area contributed by atoms with Gasteiger partial charge in [-0.25, -0.2) is 21.6 Å². The Balaban J connectivity index is 0.000000216. The van der Waals surface area contributed by atoms with Gasteiger partial charge in [-0.2, -0.15) is 8.61 Å². The van der Waals surface area contributed by atoms with Crippen molar-refractivity contribution in [2.45, 2.75) is 74.2 Å². The molecule has 0 aliphatic carbocycles. The predicted molar refractivity (Wildman–Crippen MR) is 316 cm³/mol. The summed E-state index contributed by atoms with van der Waals surface area (Å²) < 4.78 is 75.1. The van der Waals surface area contributed by atoms with E-state index in [1.54, 1.807) is 59.1 Å². The first kappa shape index (κ1) is 65.1. The summed E-state index contributed by atoms with van der Waals surface area (Å²) in [5, 5.41) is 12.1. The van der Waals surface area contributed by atoms with Crippen LogP contribution in [0.4, 0.5) is 0 Å². The Morgan fingerprint density at radius 2 is 1.00 bits per heavy atom. The molecule has 0 saturated carbocycles. The van der Waals surface area contributed by atoms with E-state index in [-0.39, 0.29) is 54.1 Å². The van der Waals surface area contributed by atoms with Crippen LogP contribution in [-0.4, -0.2) is 238 Å². The number of sulfonamides is 2. The van der Waals surface area contributed by atoms with Crippen LogP contribution in [0.2, 0.25) is 0 Å². The molecule has 2 unspecified atom stereocenters. The second kappa shape index (κ2) is 30.0. The number of nitrogens with zero attached hydrogens (tertiary/aromatic N) is 7. The van der Waals surface area contributed by atoms with Gasteiger partial charge in [-0.1, -0.05) is 60.7 Å². The number of aryl methyl sites for hydroxylation is 4. The lowest BCUT2D eigenvalue weighted by atomic mass is 9.87. The van der Waals surface area contributed by atoms with Gasteiger partial charge in [0.1, 0.15) is 24.7 Å². The number of hydrogen-bond donors (Lipinski definition) is 2. The topological polar surface area (TPSA) is 194 Å². The van der Waals surface area contributed by atoms with Crippen LogP contribution in [0.3, 0.4) is 0 Å². The van der Waals surface area contributed by atoms with Gasteiger partial charge in [0.05, 0.1) is 37.2 Å². The molecule has 2 atom stereocenters. The Morgan fingerprint density at radius 3 is 1.40 bits per heavy atom. The molecule has 4 aromatic carbocycles. The lowest BCUT2D eigenvalue weighted by Gasteiger charge is -2.45. The van der Waals surface area contributed by atoms with Crippen LogP contribution >= 0.6 is 0 Å². The molecular formula is C60H90N8O11S2. The Kier molecular flexibility index (Phi) is 24.1. The number of amides is 1. The fourth-order valence-electron chi connectivity index (χ4n) is 11.6. The van der Waals surface area contributed by atoms with Crippen molar-refractivity contribution < 1.29 is 50.5 Å². The molecular weight excluding hydrogens is 1070 g/mol. The maximum absolute atomic E-state index is 13.2. The summed E-state index contributed by atoms with van der Waals surface area (Å²) in [6.07, 6.45) is 4.31. The molecule has 1 amide bonds. The van der Waals surface area contributed by atoms with Crippen molar-refractivity contribution in [3.63, 3.8) is 0 Å². The van der Waals surface area contributed by atoms with Crippen molar-refractivity contribution in [3.8, 4) is 11.5 Å². The van der Waals surface area contributed by atoms with E-state index in [9.17, 15) is 26.4 Å². The highest BCUT2D eigenvalue weighted by molar-refractivity contribution is 7.89. The second-order valence-corrected chi connectivity index (χ2v) is 26.1. The van der Waals surface area contributed by atoms with Crippen molar-refractivity contribution >= 4 is 31.9 Å². The highest BCUT2D eigenvalue weighted by Crippen LogP contribution is 2.34. The SMILES string of the molecule is CN1CCN(C2(Cc3ccccc3)CCNC2)CC1.COc1cc(C)c(S(=O)(=O)N(C)CCOCC(=O)N2CCC(Cc3ccccc3)(N3CCN(C)CC3)C2)c(C)c1.COc1cc(C)c(S(=O)(=O)N(C)CCOCC(=O)O)c(C)c1. The third-order valence-electron chi connectivity index (χ3n) is 16.2. The first-order valence-corrected chi connectivity index (χ1v) is 31.0. The summed E-state index contributed by atoms with van der Waals surface area (Å²) in [6.45, 7) is 19.4. The average molecular weight is 1160 g/mol. The zero-order valence-corrected chi connectivity index (χ0v) is 51.2. The van der Waals surface area contributed by atoms with Crippen LogP contribution < -0.4 is 14.8 Å². The van der Waals surface area contributed by atoms with Gasteiger partial charge >= 0.3 is 5.97 Å². The monoisotopic (exact) mass is 1160 g/mol. The third-order valence-corrected chi connectivity index (χ3v) is 20.6. The van der Waals surface area contributed by atoms with E-state index >= 15 is 0 Å². The summed E-state index contributed by atoms with van der Waals surface area (Å²) >= 11 is 0. The molecule has 4 aliphatic rings. The Morgan fingerprint density at radius 1 is 0.593 bits per heavy atom. The third kappa shape index (κ3) is 17.5. The number of aliphatic carboxylic acids is 1. The molecule has 4 heterocycles. The lowest BCUT2D eigenvalue weighted by Crippen LogP contribution is -2.59. The molecule has 21 heteroatoms. The summed E-state index contributed by atoms with van der Waals surface area (Å²) in [7, 11) is 3.06. The minimum atomic E-state index is -3.71. The van der Waals surface area contributed by atoms with E-state index in [0.717, 1.165) is 49.9 Å². The molecule has 0 radical (unpaired) electrons. The number of carbonyl (C=O) groups is 2. The van der Waals surface area contributed by atoms with Crippen LogP contribution in [0.15, 0.2) is 94.7 Å². The van der Waals surface area contributed by atoms with E-state index in [0.29, 0.717) is 52.4 Å². The molecule has 448 valence electrons. The number of likely N-dealkylation sites (N-methyl/N-ethyl adjacent to an activating group) is 4. The van der Waals surface area contributed by atoms with Crippen LogP contribution in [0, 0.1) is 27.7 Å². The first-order chi connectivity index (χ1) is 38.5. The van der Waals surface area contributed by atoms with Gasteiger partial charge in [-0.3, -0.25) is 14.6 Å². The van der Waals surface area contributed by atoms with E-state index in [1.807, 2.05) is 11.0 Å². The van der Waals surface area contributed by atoms with Crippen molar-refractivity contribution in [2.75, 3.05) is 160 Å². The van der Waals surface area contributed by atoms with Gasteiger partial charge in [-0.15, -0.1) is 0 Å². The number of hydrogen-bond acceptors (Lipinski definition) is 15. The Hall–Kier alpha value is -5.04. The molecule has 8 rings (SSSR count). The van der Waals surface area contributed by atoms with Gasteiger partial charge < -0.3 is 44.1 Å². The number of benzene rings is 4. The number of piperazine rings is 2. The van der Waals surface area contributed by atoms with Crippen molar-refractivity contribution in [1.82, 2.24) is 38.4 Å². The standard InChI is InChI=1S/C30H44N4O5S.C16H25N3.C14H21NO6S/c1-24-19-27(38-5)20-25(2)29(24)40(36,37)32(4)17-18-39-22-28(35)33-12-11-30(23-33,21-26-9-7-6-8-10-26)34-15-13-31(3)14-16-34;1-18-9-11-19(12-10-18)16(7-8-17-14-16)13-15-5-3-2-4-6-15;1-10-7-12(20-4)8-11(2)14(10)22(18,19)15(3)5-6-21-9-13(16)17/h6-10,19-20H,11-18,21-23H2,1-5H3;2-6,17H,7-14H2,1H3;7-8H,5-6,9H2,1-4H3,(H,16,17). The van der Waals surface area contributed by atoms with E-state index < -0.39 is 32.6 Å². The number of rotatable bonds is 22. The maximum atomic E-state index is 13.2. The zero-order valence-electron chi connectivity index (χ0n) is 49.6. The molecule has 4 aliphatic heterocycles. The quantitative estimate of drug-likeness (QED) is 0.103. The zero-order chi connectivity index (χ0) is 59.0. The predicted octanol–water partition coefficient (Wildman–Crippen LogP) is 4.65. The number of likely N-dealkylation sites (tertiary alicyclic amines) is 1. The molecule has 19 nitrogen and oxygen atoms in total. The number of carbonyl (C=O) groups excluding carboxylic acids is 1. The Bertz CT molecular complexity index is 2830. The number of methoxy groups -OCH3 is 2. The average Bonchev–Trinajstić information content (AvgIpc) is 4.24. The first-order valence-electron chi connectivity index (χ1n) is 28.1. The summed E-state index contributed by atoms with van der Waals surface area (Å²) in [6, 6.07) is 28.3. The van der Waals surface area contributed by atoms with E-state index in [1.165, 1.54) is 82.2 Å². The number of carboxylic acids is 1. The number of ether oxygens (including phenoxy) is 4. The van der Waals surface area contributed by atoms with E-state index in [2.05, 4.69) is 93.6 Å². The van der Waals surface area contributed by atoms with E-state index in [4.69, 9.17) is 24.1 Å². The largest absolute Gasteiger partial charge is 0.497 e. The van der Waals surface area contributed by atoms with Crippen LogP contribution in [0.5, 0.6) is 11.5 Å². The van der Waals surface area contributed by atoms with Gasteiger partial charge in [0, 0.05) is 110 Å². The smallest absolute Gasteiger partial charge is 0.329 e. The highest BCUT2D eigenvalue weighted by Gasteiger charge is 2.45. The van der Waals surface area contributed by atoms with Gasteiger partial charge in [0.2, 0.25) is 26.0 Å². The molecule has 81 heavy (non-hydrogen) atoms. The fourth-order valence-corrected chi connectivity index (χ4v) is 14.7. The normalized spacial score (nSPS) is 20.4. The van der Waals surface area contributed by atoms with Crippen LogP contribution in [-0.2, 0) is 52.0 Å². The second-order valence-electron chi connectivity index (χ2n) is 22.2. The van der Waals surface area contributed by atoms with Gasteiger partial charge in [0.15, 0.2) is 0 Å².